The molecule has 0 radical (unpaired) electrons. The summed E-state index contributed by atoms with van der Waals surface area (Å²) in [5, 5.41) is 12.6. The lowest BCUT2D eigenvalue weighted by Gasteiger charge is -2.41. The minimum atomic E-state index is -0.268. The van der Waals surface area contributed by atoms with Gasteiger partial charge in [0, 0.05) is 51.7 Å². The number of hydrogen-bond donors (Lipinski definition) is 2. The van der Waals surface area contributed by atoms with Gasteiger partial charge in [0.15, 0.2) is 0 Å². The van der Waals surface area contributed by atoms with Crippen molar-refractivity contribution in [1.82, 2.24) is 14.9 Å². The number of anilines is 1. The van der Waals surface area contributed by atoms with Crippen molar-refractivity contribution in [2.24, 2.45) is 5.41 Å². The van der Waals surface area contributed by atoms with Gasteiger partial charge < -0.3 is 20.1 Å². The molecule has 1 aromatic rings. The maximum atomic E-state index is 12.6. The molecule has 7 heteroatoms. The van der Waals surface area contributed by atoms with Crippen molar-refractivity contribution in [3.8, 4) is 0 Å². The molecule has 2 rings (SSSR count). The Morgan fingerprint density at radius 2 is 2.23 bits per heavy atom. The number of ether oxygens (including phenoxy) is 1. The van der Waals surface area contributed by atoms with Crippen molar-refractivity contribution >= 4 is 11.9 Å². The quantitative estimate of drug-likeness (QED) is 0.807. The molecule has 7 nitrogen and oxygen atoms in total. The van der Waals surface area contributed by atoms with Crippen molar-refractivity contribution in [3.05, 3.63) is 18.0 Å². The van der Waals surface area contributed by atoms with Crippen LogP contribution in [0.5, 0.6) is 0 Å². The van der Waals surface area contributed by atoms with E-state index in [1.807, 2.05) is 0 Å². The molecule has 2 heterocycles. The van der Waals surface area contributed by atoms with E-state index in [2.05, 4.69) is 15.3 Å². The molecule has 1 atom stereocenters. The minimum Gasteiger partial charge on any atom is -0.396 e. The second-order valence-electron chi connectivity index (χ2n) is 5.78. The van der Waals surface area contributed by atoms with E-state index in [9.17, 15) is 9.90 Å². The number of aromatic nitrogens is 2. The lowest BCUT2D eigenvalue weighted by molar-refractivity contribution is 0.00895. The molecule has 0 spiro atoms. The van der Waals surface area contributed by atoms with Crippen molar-refractivity contribution < 1.29 is 14.6 Å². The summed E-state index contributed by atoms with van der Waals surface area (Å²) < 4.78 is 5.14. The second-order valence-corrected chi connectivity index (χ2v) is 5.78. The van der Waals surface area contributed by atoms with Crippen molar-refractivity contribution in [2.45, 2.75) is 19.3 Å². The van der Waals surface area contributed by atoms with Crippen molar-refractivity contribution in [1.29, 1.82) is 0 Å². The minimum absolute atomic E-state index is 0.0648. The van der Waals surface area contributed by atoms with Crippen LogP contribution < -0.4 is 5.32 Å². The highest BCUT2D eigenvalue weighted by atomic mass is 16.5. The van der Waals surface area contributed by atoms with Crippen molar-refractivity contribution in [3.63, 3.8) is 0 Å². The molecular weight excluding hydrogens is 284 g/mol. The average Bonchev–Trinajstić information content (AvgIpc) is 2.59. The molecule has 2 N–H and O–H groups in total. The summed E-state index contributed by atoms with van der Waals surface area (Å²) >= 11 is 0. The van der Waals surface area contributed by atoms with Crippen LogP contribution in [0.15, 0.2) is 12.4 Å². The summed E-state index contributed by atoms with van der Waals surface area (Å²) in [6.45, 7) is 1.89. The lowest BCUT2D eigenvalue weighted by Crippen LogP contribution is -2.48. The molecule has 0 saturated carbocycles. The molecule has 1 fully saturated rings. The van der Waals surface area contributed by atoms with E-state index in [1.165, 1.54) is 12.4 Å². The predicted molar refractivity (Wildman–Crippen MR) is 82.7 cm³/mol. The highest BCUT2D eigenvalue weighted by molar-refractivity contribution is 5.93. The van der Waals surface area contributed by atoms with Crippen LogP contribution in [-0.2, 0) is 4.74 Å². The number of hydrogen-bond acceptors (Lipinski definition) is 6. The van der Waals surface area contributed by atoms with E-state index in [4.69, 9.17) is 4.74 Å². The van der Waals surface area contributed by atoms with Crippen LogP contribution in [0.25, 0.3) is 0 Å². The normalized spacial score (nSPS) is 21.7. The lowest BCUT2D eigenvalue weighted by atomic mass is 9.78. The molecule has 1 amide bonds. The zero-order valence-corrected chi connectivity index (χ0v) is 13.2. The summed E-state index contributed by atoms with van der Waals surface area (Å²) in [4.78, 5) is 22.5. The molecule has 1 aliphatic rings. The first-order chi connectivity index (χ1) is 10.6. The third kappa shape index (κ3) is 3.72. The highest BCUT2D eigenvalue weighted by Crippen LogP contribution is 2.33. The maximum absolute atomic E-state index is 12.6. The Morgan fingerprint density at radius 3 is 2.82 bits per heavy atom. The predicted octanol–water partition coefficient (Wildman–Crippen LogP) is 0.769. The number of piperidine rings is 1. The van der Waals surface area contributed by atoms with E-state index < -0.39 is 0 Å². The van der Waals surface area contributed by atoms with E-state index in [1.54, 1.807) is 19.1 Å². The van der Waals surface area contributed by atoms with Gasteiger partial charge in [-0.1, -0.05) is 0 Å². The average molecular weight is 308 g/mol. The smallest absolute Gasteiger partial charge is 0.257 e. The molecule has 0 aromatic carbocycles. The van der Waals surface area contributed by atoms with Gasteiger partial charge in [0.05, 0.1) is 12.2 Å². The summed E-state index contributed by atoms with van der Waals surface area (Å²) in [7, 11) is 3.38. The van der Waals surface area contributed by atoms with Crippen LogP contribution in [0.1, 0.15) is 29.6 Å². The largest absolute Gasteiger partial charge is 0.396 e. The molecule has 1 aliphatic heterocycles. The number of nitrogens with zero attached hydrogens (tertiary/aromatic N) is 3. The number of nitrogens with one attached hydrogen (secondary N) is 1. The van der Waals surface area contributed by atoms with Gasteiger partial charge in [0.2, 0.25) is 5.95 Å². The number of carbonyl (C=O) groups is 1. The Morgan fingerprint density at radius 1 is 1.50 bits per heavy atom. The van der Waals surface area contributed by atoms with E-state index in [0.717, 1.165) is 19.3 Å². The fourth-order valence-corrected chi connectivity index (χ4v) is 2.86. The van der Waals surface area contributed by atoms with Crippen LogP contribution >= 0.6 is 0 Å². The summed E-state index contributed by atoms with van der Waals surface area (Å²) in [5.41, 5.74) is 0.204. The first-order valence-electron chi connectivity index (χ1n) is 7.53. The third-order valence-corrected chi connectivity index (χ3v) is 4.24. The molecule has 122 valence electrons. The third-order valence-electron chi connectivity index (χ3n) is 4.24. The van der Waals surface area contributed by atoms with Gasteiger partial charge in [-0.25, -0.2) is 9.97 Å². The Labute approximate surface area is 130 Å². The van der Waals surface area contributed by atoms with Crippen LogP contribution in [0.4, 0.5) is 5.95 Å². The Hall–Kier alpha value is -1.73. The number of likely N-dealkylation sites (tertiary alicyclic amines) is 1. The number of amides is 1. The van der Waals surface area contributed by atoms with Crippen LogP contribution in [0.3, 0.4) is 0 Å². The number of rotatable bonds is 6. The number of aliphatic hydroxyl groups excluding tert-OH is 1. The fraction of sp³-hybridized carbons (Fsp3) is 0.667. The fourth-order valence-electron chi connectivity index (χ4n) is 2.86. The Bertz CT molecular complexity index is 494. The zero-order chi connectivity index (χ0) is 16.0. The van der Waals surface area contributed by atoms with Gasteiger partial charge in [-0.05, 0) is 19.3 Å². The van der Waals surface area contributed by atoms with E-state index in [-0.39, 0.29) is 17.9 Å². The summed E-state index contributed by atoms with van der Waals surface area (Å²) in [6.07, 6.45) is 5.60. The van der Waals surface area contributed by atoms with Crippen LogP contribution in [0.2, 0.25) is 0 Å². The molecule has 0 bridgehead atoms. The number of aliphatic hydroxyl groups is 1. The van der Waals surface area contributed by atoms with Gasteiger partial charge in [-0.15, -0.1) is 0 Å². The van der Waals surface area contributed by atoms with Crippen LogP contribution in [-0.4, -0.2) is 66.3 Å². The summed E-state index contributed by atoms with van der Waals surface area (Å²) in [6, 6.07) is 0. The summed E-state index contributed by atoms with van der Waals surface area (Å²) in [5.74, 6) is 0.401. The number of carbonyl (C=O) groups excluding carboxylic acids is 1. The second kappa shape index (κ2) is 7.51. The number of methoxy groups -OCH3 is 1. The van der Waals surface area contributed by atoms with Gasteiger partial charge in [0.1, 0.15) is 0 Å². The van der Waals surface area contributed by atoms with E-state index in [0.29, 0.717) is 31.2 Å². The topological polar surface area (TPSA) is 87.6 Å². The highest BCUT2D eigenvalue weighted by Gasteiger charge is 2.36. The van der Waals surface area contributed by atoms with E-state index >= 15 is 0 Å². The van der Waals surface area contributed by atoms with Gasteiger partial charge in [0.25, 0.3) is 5.91 Å². The van der Waals surface area contributed by atoms with Crippen molar-refractivity contribution in [2.75, 3.05) is 45.8 Å². The standard InChI is InChI=1S/C15H24N4O3/c1-16-14-17-8-12(9-18-14)13(21)19-6-3-4-15(10-19,11-20)5-7-22-2/h8-9,20H,3-7,10-11H2,1-2H3,(H,16,17,18)/t15-/m1/s1. The van der Waals surface area contributed by atoms with Gasteiger partial charge in [-0.2, -0.15) is 0 Å². The molecule has 0 unspecified atom stereocenters. The first kappa shape index (κ1) is 16.6. The Balaban J connectivity index is 2.08. The zero-order valence-electron chi connectivity index (χ0n) is 13.2. The molecule has 1 saturated heterocycles. The molecular formula is C15H24N4O3. The first-order valence-corrected chi connectivity index (χ1v) is 7.53. The molecule has 22 heavy (non-hydrogen) atoms. The molecule has 1 aromatic heterocycles. The SMILES string of the molecule is CNc1ncc(C(=O)N2CCC[C@@](CO)(CCOC)C2)cn1. The van der Waals surface area contributed by atoms with Gasteiger partial charge >= 0.3 is 0 Å². The Kier molecular flexibility index (Phi) is 5.68. The monoisotopic (exact) mass is 308 g/mol. The maximum Gasteiger partial charge on any atom is 0.257 e. The van der Waals surface area contributed by atoms with Gasteiger partial charge in [-0.3, -0.25) is 4.79 Å². The van der Waals surface area contributed by atoms with Crippen LogP contribution in [0, 0.1) is 5.41 Å². The molecule has 0 aliphatic carbocycles.